The summed E-state index contributed by atoms with van der Waals surface area (Å²) in [4.78, 5) is 36.1. The lowest BCUT2D eigenvalue weighted by molar-refractivity contribution is -0.119. The molecule has 2 aromatic rings. The van der Waals surface area contributed by atoms with Crippen molar-refractivity contribution >= 4 is 29.4 Å². The van der Waals surface area contributed by atoms with Crippen LogP contribution in [0.2, 0.25) is 0 Å². The molecule has 2 aromatic heterocycles. The molecule has 0 aromatic carbocycles. The first-order valence-corrected chi connectivity index (χ1v) is 13.5. The molecule has 11 heteroatoms. The van der Waals surface area contributed by atoms with E-state index < -0.39 is 0 Å². The minimum absolute atomic E-state index is 0.0304. The number of carbonyl (C=O) groups is 2. The fourth-order valence-electron chi connectivity index (χ4n) is 5.60. The number of nitriles is 1. The average Bonchev–Trinajstić information content (AvgIpc) is 3.23. The van der Waals surface area contributed by atoms with Crippen LogP contribution in [-0.4, -0.2) is 49.4 Å². The Morgan fingerprint density at radius 2 is 2.15 bits per heavy atom. The summed E-state index contributed by atoms with van der Waals surface area (Å²) in [5, 5.41) is 21.1. The maximum absolute atomic E-state index is 12.8. The monoisotopic (exact) mass is 546 g/mol. The number of amides is 2. The van der Waals surface area contributed by atoms with Crippen LogP contribution >= 0.6 is 11.6 Å². The lowest BCUT2D eigenvalue weighted by Gasteiger charge is -2.35. The van der Waals surface area contributed by atoms with Gasteiger partial charge in [-0.2, -0.15) is 5.26 Å². The molecule has 0 bridgehead atoms. The average molecular weight is 547 g/mol. The molecule has 4 atom stereocenters. The van der Waals surface area contributed by atoms with Crippen LogP contribution in [-0.2, 0) is 4.79 Å². The minimum atomic E-state index is -0.280. The number of fused-ring (bicyclic) bond motifs is 1. The van der Waals surface area contributed by atoms with E-state index in [1.165, 1.54) is 6.08 Å². The molecule has 2 saturated carbocycles. The van der Waals surface area contributed by atoms with E-state index in [1.807, 2.05) is 13.8 Å². The second kappa shape index (κ2) is 10.7. The van der Waals surface area contributed by atoms with Gasteiger partial charge in [-0.3, -0.25) is 14.5 Å². The van der Waals surface area contributed by atoms with Crippen molar-refractivity contribution < 1.29 is 9.59 Å². The van der Waals surface area contributed by atoms with E-state index in [-0.39, 0.29) is 35.5 Å². The molecule has 202 valence electrons. The highest BCUT2D eigenvalue weighted by atomic mass is 35.5. The SMILES string of the molecule is C=C/C(Cl)=C\C=C(\C#N)CC1CC(NC(=O)c2cn(C(C)c3cnc(N4CC5C(C4=O)[C@@H]5C)nc3C)nn2)C1. The maximum Gasteiger partial charge on any atom is 0.273 e. The predicted molar refractivity (Wildman–Crippen MR) is 146 cm³/mol. The van der Waals surface area contributed by atoms with Crippen molar-refractivity contribution in [2.75, 3.05) is 11.4 Å². The highest BCUT2D eigenvalue weighted by molar-refractivity contribution is 6.31. The number of hydrogen-bond acceptors (Lipinski definition) is 7. The van der Waals surface area contributed by atoms with Gasteiger partial charge in [-0.1, -0.05) is 36.4 Å². The largest absolute Gasteiger partial charge is 0.348 e. The first kappa shape index (κ1) is 26.8. The van der Waals surface area contributed by atoms with E-state index in [2.05, 4.69) is 45.2 Å². The summed E-state index contributed by atoms with van der Waals surface area (Å²) in [6.45, 7) is 10.2. The van der Waals surface area contributed by atoms with E-state index in [9.17, 15) is 14.9 Å². The Morgan fingerprint density at radius 3 is 2.79 bits per heavy atom. The molecule has 1 N–H and O–H groups in total. The number of nitrogens with one attached hydrogen (secondary N) is 1. The van der Waals surface area contributed by atoms with Crippen molar-refractivity contribution in [1.82, 2.24) is 30.3 Å². The highest BCUT2D eigenvalue weighted by Gasteiger charge is 2.59. The number of anilines is 1. The van der Waals surface area contributed by atoms with Gasteiger partial charge in [0.25, 0.3) is 5.91 Å². The van der Waals surface area contributed by atoms with E-state index in [1.54, 1.807) is 34.1 Å². The second-order valence-corrected chi connectivity index (χ2v) is 11.2. The number of aryl methyl sites for hydroxylation is 1. The van der Waals surface area contributed by atoms with Crippen molar-refractivity contribution in [2.45, 2.75) is 52.1 Å². The Hall–Kier alpha value is -3.84. The van der Waals surface area contributed by atoms with Gasteiger partial charge < -0.3 is 5.32 Å². The van der Waals surface area contributed by atoms with E-state index in [0.717, 1.165) is 24.1 Å². The van der Waals surface area contributed by atoms with E-state index >= 15 is 0 Å². The molecule has 2 aliphatic carbocycles. The van der Waals surface area contributed by atoms with Crippen molar-refractivity contribution in [1.29, 1.82) is 5.26 Å². The third-order valence-electron chi connectivity index (χ3n) is 8.20. The molecule has 10 nitrogen and oxygen atoms in total. The molecule has 5 rings (SSSR count). The third-order valence-corrected chi connectivity index (χ3v) is 8.48. The zero-order valence-corrected chi connectivity index (χ0v) is 23.0. The van der Waals surface area contributed by atoms with E-state index in [0.29, 0.717) is 47.3 Å². The Balaban J connectivity index is 1.15. The van der Waals surface area contributed by atoms with Gasteiger partial charge in [0.1, 0.15) is 0 Å². The van der Waals surface area contributed by atoms with Crippen LogP contribution in [0.3, 0.4) is 0 Å². The summed E-state index contributed by atoms with van der Waals surface area (Å²) >= 11 is 5.91. The van der Waals surface area contributed by atoms with Crippen molar-refractivity contribution in [2.24, 2.45) is 23.7 Å². The standard InChI is InChI=1S/C28H31ClN8O2/c1-5-20(29)7-6-18(11-30)8-19-9-21(10-19)33-26(38)24-14-37(35-34-24)17(4)22-12-31-28(32-16(22)3)36-13-23-15(2)25(23)27(36)39/h5-7,12,14-15,17,19,21,23,25H,1,8-10,13H2,2-4H3,(H,33,38)/b18-6+,20-7+/t15-,17?,19?,21?,23?,25?/m1/s1. The van der Waals surface area contributed by atoms with Gasteiger partial charge in [0.15, 0.2) is 5.69 Å². The number of rotatable bonds is 9. The number of piperidine rings is 1. The normalized spacial score (nSPS) is 26.9. The van der Waals surface area contributed by atoms with Crippen LogP contribution in [0.5, 0.6) is 0 Å². The summed E-state index contributed by atoms with van der Waals surface area (Å²) in [5.74, 6) is 1.60. The summed E-state index contributed by atoms with van der Waals surface area (Å²) in [7, 11) is 0. The fourth-order valence-corrected chi connectivity index (χ4v) is 5.66. The van der Waals surface area contributed by atoms with Crippen LogP contribution in [0.4, 0.5) is 5.95 Å². The Morgan fingerprint density at radius 1 is 1.38 bits per heavy atom. The maximum atomic E-state index is 12.8. The van der Waals surface area contributed by atoms with Crippen LogP contribution in [0, 0.1) is 41.9 Å². The minimum Gasteiger partial charge on any atom is -0.348 e. The van der Waals surface area contributed by atoms with Crippen LogP contribution < -0.4 is 10.2 Å². The first-order chi connectivity index (χ1) is 18.7. The lowest BCUT2D eigenvalue weighted by Crippen LogP contribution is -2.44. The summed E-state index contributed by atoms with van der Waals surface area (Å²) in [6.07, 6.45) is 10.5. The Kier molecular flexibility index (Phi) is 7.36. The molecule has 2 amide bonds. The molecular formula is C28H31ClN8O2. The Bertz CT molecular complexity index is 1420. The topological polar surface area (TPSA) is 130 Å². The fraction of sp³-hybridized carbons (Fsp3) is 0.464. The number of halogens is 1. The highest BCUT2D eigenvalue weighted by Crippen LogP contribution is 2.52. The number of carbonyl (C=O) groups excluding carboxylic acids is 2. The Labute approximate surface area is 232 Å². The molecular weight excluding hydrogens is 516 g/mol. The molecule has 0 radical (unpaired) electrons. The van der Waals surface area contributed by atoms with Gasteiger partial charge in [0.05, 0.1) is 18.3 Å². The first-order valence-electron chi connectivity index (χ1n) is 13.2. The predicted octanol–water partition coefficient (Wildman–Crippen LogP) is 3.87. The zero-order valence-electron chi connectivity index (χ0n) is 22.2. The van der Waals surface area contributed by atoms with Crippen molar-refractivity contribution in [3.63, 3.8) is 0 Å². The number of hydrogen-bond donors (Lipinski definition) is 1. The molecule has 1 saturated heterocycles. The van der Waals surface area contributed by atoms with Crippen molar-refractivity contribution in [3.8, 4) is 6.07 Å². The molecule has 3 unspecified atom stereocenters. The van der Waals surface area contributed by atoms with Crippen LogP contribution in [0.25, 0.3) is 0 Å². The molecule has 0 spiro atoms. The second-order valence-electron chi connectivity index (χ2n) is 10.7. The van der Waals surface area contributed by atoms with Crippen molar-refractivity contribution in [3.05, 3.63) is 64.8 Å². The van der Waals surface area contributed by atoms with Crippen LogP contribution in [0.15, 0.2) is 47.8 Å². The molecule has 39 heavy (non-hydrogen) atoms. The smallest absolute Gasteiger partial charge is 0.273 e. The van der Waals surface area contributed by atoms with Gasteiger partial charge in [-0.25, -0.2) is 14.6 Å². The van der Waals surface area contributed by atoms with Crippen LogP contribution in [0.1, 0.15) is 60.9 Å². The summed E-state index contributed by atoms with van der Waals surface area (Å²) < 4.78 is 1.62. The quantitative estimate of drug-likeness (QED) is 0.373. The summed E-state index contributed by atoms with van der Waals surface area (Å²) in [5.41, 5.74) is 2.47. The molecule has 3 aliphatic rings. The zero-order chi connectivity index (χ0) is 27.8. The molecule has 3 heterocycles. The number of allylic oxidation sites excluding steroid dienone is 5. The van der Waals surface area contributed by atoms with Gasteiger partial charge in [0.2, 0.25) is 11.9 Å². The van der Waals surface area contributed by atoms with Gasteiger partial charge in [0, 0.05) is 46.6 Å². The lowest BCUT2D eigenvalue weighted by atomic mass is 9.76. The van der Waals surface area contributed by atoms with E-state index in [4.69, 9.17) is 11.6 Å². The number of aromatic nitrogens is 5. The number of nitrogens with zero attached hydrogens (tertiary/aromatic N) is 7. The summed E-state index contributed by atoms with van der Waals surface area (Å²) in [6, 6.07) is 1.99. The third kappa shape index (κ3) is 5.36. The molecule has 1 aliphatic heterocycles. The van der Waals surface area contributed by atoms with Gasteiger partial charge in [-0.05, 0) is 63.0 Å². The molecule has 3 fully saturated rings. The van der Waals surface area contributed by atoms with Gasteiger partial charge in [-0.15, -0.1) is 5.10 Å². The van der Waals surface area contributed by atoms with Gasteiger partial charge >= 0.3 is 0 Å².